The predicted molar refractivity (Wildman–Crippen MR) is 85.7 cm³/mol. The van der Waals surface area contributed by atoms with E-state index >= 15 is 0 Å². The molecule has 0 radical (unpaired) electrons. The second-order valence-corrected chi connectivity index (χ2v) is 6.55. The fourth-order valence-electron chi connectivity index (χ4n) is 2.35. The van der Waals surface area contributed by atoms with Crippen LogP contribution >= 0.6 is 0 Å². The monoisotopic (exact) mass is 302 g/mol. The molecule has 0 fully saturated rings. The Hall–Kier alpha value is -2.30. The van der Waals surface area contributed by atoms with Crippen LogP contribution in [-0.2, 0) is 15.1 Å². The molecule has 0 bridgehead atoms. The van der Waals surface area contributed by atoms with E-state index in [9.17, 15) is 9.59 Å². The first-order valence-corrected chi connectivity index (χ1v) is 7.19. The summed E-state index contributed by atoms with van der Waals surface area (Å²) in [4.78, 5) is 28.7. The number of para-hydroxylation sites is 1. The molecular formula is C17H22N2O3. The number of amides is 1. The summed E-state index contributed by atoms with van der Waals surface area (Å²) in [6.45, 7) is 7.09. The Morgan fingerprint density at radius 1 is 1.23 bits per heavy atom. The zero-order valence-electron chi connectivity index (χ0n) is 13.6. The van der Waals surface area contributed by atoms with E-state index in [1.807, 2.05) is 30.5 Å². The topological polar surface area (TPSA) is 62.4 Å². The Balaban J connectivity index is 2.46. The maximum Gasteiger partial charge on any atom is 0.411 e. The molecular weight excluding hydrogens is 280 g/mol. The lowest BCUT2D eigenvalue weighted by atomic mass is 9.90. The molecule has 0 saturated heterocycles. The first-order chi connectivity index (χ1) is 10.2. The van der Waals surface area contributed by atoms with Crippen molar-refractivity contribution >= 4 is 23.3 Å². The number of aldehydes is 1. The number of nitrogens with zero attached hydrogens (tertiary/aromatic N) is 1. The fourth-order valence-corrected chi connectivity index (χ4v) is 2.35. The van der Waals surface area contributed by atoms with Crippen molar-refractivity contribution in [3.8, 4) is 0 Å². The molecule has 5 nitrogen and oxygen atoms in total. The van der Waals surface area contributed by atoms with Gasteiger partial charge in [-0.05, 0) is 39.1 Å². The van der Waals surface area contributed by atoms with Gasteiger partial charge in [0.25, 0.3) is 0 Å². The SMILES string of the molecule is CN(C(=O)OC(C)(C)C)C(C)(C=O)c1cccc2cc[nH]c12. The lowest BCUT2D eigenvalue weighted by Gasteiger charge is -2.36. The van der Waals surface area contributed by atoms with E-state index in [1.165, 1.54) is 4.90 Å². The van der Waals surface area contributed by atoms with Crippen LogP contribution in [0.1, 0.15) is 33.3 Å². The van der Waals surface area contributed by atoms with Crippen LogP contribution in [0.4, 0.5) is 4.79 Å². The molecule has 2 aromatic rings. The molecule has 1 unspecified atom stereocenters. The summed E-state index contributed by atoms with van der Waals surface area (Å²) in [5.74, 6) is 0. The van der Waals surface area contributed by atoms with Gasteiger partial charge in [-0.3, -0.25) is 4.90 Å². The first-order valence-electron chi connectivity index (χ1n) is 7.19. The number of hydrogen-bond donors (Lipinski definition) is 1. The highest BCUT2D eigenvalue weighted by molar-refractivity contribution is 5.89. The minimum atomic E-state index is -1.12. The molecule has 1 aromatic carbocycles. The number of carbonyl (C=O) groups is 2. The van der Waals surface area contributed by atoms with Gasteiger partial charge in [0, 0.05) is 18.8 Å². The molecule has 22 heavy (non-hydrogen) atoms. The number of nitrogens with one attached hydrogen (secondary N) is 1. The van der Waals surface area contributed by atoms with Gasteiger partial charge < -0.3 is 14.5 Å². The van der Waals surface area contributed by atoms with Gasteiger partial charge in [0.05, 0.1) is 5.52 Å². The third kappa shape index (κ3) is 2.84. The molecule has 1 heterocycles. The van der Waals surface area contributed by atoms with Crippen molar-refractivity contribution in [3.05, 3.63) is 36.0 Å². The Morgan fingerprint density at radius 3 is 2.50 bits per heavy atom. The van der Waals surface area contributed by atoms with Crippen molar-refractivity contribution in [2.45, 2.75) is 38.8 Å². The average molecular weight is 302 g/mol. The average Bonchev–Trinajstić information content (AvgIpc) is 2.91. The van der Waals surface area contributed by atoms with Gasteiger partial charge >= 0.3 is 6.09 Å². The van der Waals surface area contributed by atoms with E-state index in [1.54, 1.807) is 34.7 Å². The number of fused-ring (bicyclic) bond motifs is 1. The third-order valence-electron chi connectivity index (χ3n) is 3.73. The number of likely N-dealkylation sites (N-methyl/N-ethyl adjacent to an activating group) is 1. The highest BCUT2D eigenvalue weighted by Crippen LogP contribution is 2.31. The number of aromatic nitrogens is 1. The van der Waals surface area contributed by atoms with Crippen molar-refractivity contribution in [1.82, 2.24) is 9.88 Å². The number of aromatic amines is 1. The standard InChI is InChI=1S/C17H22N2O3/c1-16(2,3)22-15(21)19(5)17(4,11-20)13-8-6-7-12-9-10-18-14(12)13/h6-11,18H,1-5H3. The molecule has 1 atom stereocenters. The van der Waals surface area contributed by atoms with Gasteiger partial charge in [-0.25, -0.2) is 4.79 Å². The van der Waals surface area contributed by atoms with Gasteiger partial charge in [-0.1, -0.05) is 18.2 Å². The fraction of sp³-hybridized carbons (Fsp3) is 0.412. The summed E-state index contributed by atoms with van der Waals surface area (Å²) in [5, 5.41) is 0.989. The summed E-state index contributed by atoms with van der Waals surface area (Å²) >= 11 is 0. The lowest BCUT2D eigenvalue weighted by molar-refractivity contribution is -0.117. The third-order valence-corrected chi connectivity index (χ3v) is 3.73. The minimum absolute atomic E-state index is 0.536. The highest BCUT2D eigenvalue weighted by atomic mass is 16.6. The molecule has 118 valence electrons. The maximum absolute atomic E-state index is 12.3. The van der Waals surface area contributed by atoms with Crippen LogP contribution < -0.4 is 0 Å². The van der Waals surface area contributed by atoms with E-state index in [2.05, 4.69) is 4.98 Å². The van der Waals surface area contributed by atoms with E-state index in [0.29, 0.717) is 0 Å². The number of rotatable bonds is 3. The molecule has 5 heteroatoms. The number of benzene rings is 1. The van der Waals surface area contributed by atoms with E-state index in [0.717, 1.165) is 22.8 Å². The summed E-state index contributed by atoms with van der Waals surface area (Å²) < 4.78 is 5.38. The zero-order valence-corrected chi connectivity index (χ0v) is 13.6. The Kier molecular flexibility index (Phi) is 4.00. The second kappa shape index (κ2) is 5.48. The molecule has 1 N–H and O–H groups in total. The Labute approximate surface area is 130 Å². The van der Waals surface area contributed by atoms with Crippen LogP contribution in [-0.4, -0.2) is 34.9 Å². The van der Waals surface area contributed by atoms with Crippen molar-refractivity contribution in [1.29, 1.82) is 0 Å². The van der Waals surface area contributed by atoms with Crippen molar-refractivity contribution in [2.75, 3.05) is 7.05 Å². The number of carbonyl (C=O) groups excluding carboxylic acids is 2. The smallest absolute Gasteiger partial charge is 0.411 e. The van der Waals surface area contributed by atoms with Crippen molar-refractivity contribution in [2.24, 2.45) is 0 Å². The van der Waals surface area contributed by atoms with Crippen LogP contribution in [0.5, 0.6) is 0 Å². The quantitative estimate of drug-likeness (QED) is 0.883. The summed E-state index contributed by atoms with van der Waals surface area (Å²) in [6, 6.07) is 7.59. The van der Waals surface area contributed by atoms with Gasteiger partial charge in [0.15, 0.2) is 0 Å². The maximum atomic E-state index is 12.3. The first kappa shape index (κ1) is 16.1. The normalized spacial score (nSPS) is 14.4. The largest absolute Gasteiger partial charge is 0.444 e. The lowest BCUT2D eigenvalue weighted by Crippen LogP contribution is -2.48. The summed E-state index contributed by atoms with van der Waals surface area (Å²) in [6.07, 6.45) is 2.05. The molecule has 1 amide bonds. The summed E-state index contributed by atoms with van der Waals surface area (Å²) in [7, 11) is 1.57. The van der Waals surface area contributed by atoms with Crippen LogP contribution in [0, 0.1) is 0 Å². The van der Waals surface area contributed by atoms with Crippen LogP contribution in [0.2, 0.25) is 0 Å². The number of H-pyrrole nitrogens is 1. The second-order valence-electron chi connectivity index (χ2n) is 6.55. The Bertz CT molecular complexity index is 699. The molecule has 0 aliphatic heterocycles. The van der Waals surface area contributed by atoms with Crippen LogP contribution in [0.15, 0.2) is 30.5 Å². The van der Waals surface area contributed by atoms with Crippen molar-refractivity contribution < 1.29 is 14.3 Å². The molecule has 0 aliphatic rings. The van der Waals surface area contributed by atoms with Gasteiger partial charge in [-0.15, -0.1) is 0 Å². The number of ether oxygens (including phenoxy) is 1. The van der Waals surface area contributed by atoms with Crippen LogP contribution in [0.25, 0.3) is 10.9 Å². The zero-order chi connectivity index (χ0) is 16.5. The van der Waals surface area contributed by atoms with E-state index in [-0.39, 0.29) is 0 Å². The molecule has 1 aromatic heterocycles. The van der Waals surface area contributed by atoms with Gasteiger partial charge in [0.1, 0.15) is 17.4 Å². The molecule has 0 spiro atoms. The minimum Gasteiger partial charge on any atom is -0.444 e. The van der Waals surface area contributed by atoms with Gasteiger partial charge in [-0.2, -0.15) is 0 Å². The van der Waals surface area contributed by atoms with Crippen LogP contribution in [0.3, 0.4) is 0 Å². The van der Waals surface area contributed by atoms with Gasteiger partial charge in [0.2, 0.25) is 0 Å². The number of hydrogen-bond acceptors (Lipinski definition) is 3. The molecule has 0 saturated carbocycles. The highest BCUT2D eigenvalue weighted by Gasteiger charge is 2.38. The molecule has 2 rings (SSSR count). The molecule has 0 aliphatic carbocycles. The summed E-state index contributed by atoms with van der Waals surface area (Å²) in [5.41, 5.74) is -0.161. The predicted octanol–water partition coefficient (Wildman–Crippen LogP) is 3.45. The Morgan fingerprint density at radius 2 is 1.91 bits per heavy atom. The van der Waals surface area contributed by atoms with Crippen molar-refractivity contribution in [3.63, 3.8) is 0 Å². The van der Waals surface area contributed by atoms with E-state index in [4.69, 9.17) is 4.74 Å². The van der Waals surface area contributed by atoms with E-state index < -0.39 is 17.2 Å².